The second-order valence-corrected chi connectivity index (χ2v) is 7.45. The van der Waals surface area contributed by atoms with Crippen LogP contribution >= 0.6 is 0 Å². The smallest absolute Gasteiger partial charge is 0.0596 e. The van der Waals surface area contributed by atoms with Gasteiger partial charge in [0.2, 0.25) is 0 Å². The Morgan fingerprint density at radius 2 is 2.15 bits per heavy atom. The molecular weight excluding hydrogens is 246 g/mol. The van der Waals surface area contributed by atoms with Gasteiger partial charge in [-0.15, -0.1) is 0 Å². The fourth-order valence-electron chi connectivity index (χ4n) is 3.67. The van der Waals surface area contributed by atoms with Gasteiger partial charge >= 0.3 is 0 Å². The van der Waals surface area contributed by atoms with E-state index in [4.69, 9.17) is 0 Å². The zero-order valence-electron chi connectivity index (χ0n) is 13.9. The summed E-state index contributed by atoms with van der Waals surface area (Å²) in [5.41, 5.74) is 2.94. The van der Waals surface area contributed by atoms with E-state index in [2.05, 4.69) is 55.8 Å². The summed E-state index contributed by atoms with van der Waals surface area (Å²) in [5, 5.41) is 8.28. The fraction of sp³-hybridized carbons (Fsp3) is 0.824. The Hall–Kier alpha value is -0.830. The molecule has 2 rings (SSSR count). The number of rotatable bonds is 5. The monoisotopic (exact) mass is 277 g/mol. The van der Waals surface area contributed by atoms with Crippen LogP contribution in [-0.4, -0.2) is 22.4 Å². The van der Waals surface area contributed by atoms with E-state index in [0.717, 1.165) is 31.1 Å². The first-order valence-corrected chi connectivity index (χ1v) is 8.12. The maximum Gasteiger partial charge on any atom is 0.0596 e. The first kappa shape index (κ1) is 15.6. The van der Waals surface area contributed by atoms with Crippen LogP contribution in [0.4, 0.5) is 0 Å². The third kappa shape index (κ3) is 4.08. The zero-order valence-corrected chi connectivity index (χ0v) is 13.9. The largest absolute Gasteiger partial charge is 0.314 e. The molecule has 0 aliphatic heterocycles. The first-order chi connectivity index (χ1) is 9.37. The number of aryl methyl sites for hydroxylation is 3. The third-order valence-electron chi connectivity index (χ3n) is 4.75. The molecule has 0 amide bonds. The van der Waals surface area contributed by atoms with E-state index >= 15 is 0 Å². The van der Waals surface area contributed by atoms with E-state index in [9.17, 15) is 0 Å². The van der Waals surface area contributed by atoms with Crippen LogP contribution in [0.25, 0.3) is 0 Å². The predicted molar refractivity (Wildman–Crippen MR) is 84.9 cm³/mol. The van der Waals surface area contributed by atoms with Crippen molar-refractivity contribution in [2.45, 2.75) is 72.9 Å². The molecule has 1 saturated carbocycles. The van der Waals surface area contributed by atoms with Crippen molar-refractivity contribution in [2.75, 3.05) is 6.54 Å². The summed E-state index contributed by atoms with van der Waals surface area (Å²) in [6, 6.07) is 2.86. The average molecular weight is 277 g/mol. The van der Waals surface area contributed by atoms with Gasteiger partial charge in [0.1, 0.15) is 0 Å². The van der Waals surface area contributed by atoms with Crippen molar-refractivity contribution in [2.24, 2.45) is 11.3 Å². The quantitative estimate of drug-likeness (QED) is 0.832. The number of hydrogen-bond acceptors (Lipinski definition) is 2. The van der Waals surface area contributed by atoms with E-state index in [-0.39, 0.29) is 0 Å². The van der Waals surface area contributed by atoms with Gasteiger partial charge in [0.25, 0.3) is 0 Å². The Bertz CT molecular complexity index is 433. The van der Waals surface area contributed by atoms with E-state index in [1.165, 1.54) is 25.0 Å². The number of nitrogens with one attached hydrogen (secondary N) is 1. The lowest BCUT2D eigenvalue weighted by molar-refractivity contribution is 0.149. The van der Waals surface area contributed by atoms with Gasteiger partial charge in [-0.25, -0.2) is 0 Å². The van der Waals surface area contributed by atoms with Gasteiger partial charge in [0.05, 0.1) is 5.69 Å². The van der Waals surface area contributed by atoms with Gasteiger partial charge in [-0.3, -0.25) is 4.68 Å². The number of hydrogen-bond donors (Lipinski definition) is 1. The van der Waals surface area contributed by atoms with Crippen molar-refractivity contribution in [1.29, 1.82) is 0 Å². The molecule has 3 nitrogen and oxygen atoms in total. The minimum atomic E-state index is 0.543. The highest BCUT2D eigenvalue weighted by Gasteiger charge is 2.31. The van der Waals surface area contributed by atoms with Gasteiger partial charge in [-0.2, -0.15) is 5.10 Å². The van der Waals surface area contributed by atoms with E-state index in [1.807, 2.05) is 0 Å². The van der Waals surface area contributed by atoms with Gasteiger partial charge in [0, 0.05) is 18.3 Å². The zero-order chi connectivity index (χ0) is 14.8. The summed E-state index contributed by atoms with van der Waals surface area (Å²) in [7, 11) is 0. The third-order valence-corrected chi connectivity index (χ3v) is 4.75. The lowest BCUT2D eigenvalue weighted by atomic mass is 9.70. The molecule has 114 valence electrons. The predicted octanol–water partition coefficient (Wildman–Crippen LogP) is 3.69. The Morgan fingerprint density at radius 1 is 1.40 bits per heavy atom. The van der Waals surface area contributed by atoms with Crippen LogP contribution in [0.2, 0.25) is 0 Å². The van der Waals surface area contributed by atoms with Crippen molar-refractivity contribution in [1.82, 2.24) is 15.1 Å². The average Bonchev–Trinajstić information content (AvgIpc) is 2.65. The minimum Gasteiger partial charge on any atom is -0.314 e. The molecule has 1 aromatic heterocycles. The van der Waals surface area contributed by atoms with E-state index in [1.54, 1.807) is 0 Å². The van der Waals surface area contributed by atoms with Crippen LogP contribution in [0.1, 0.15) is 57.8 Å². The molecule has 1 aliphatic rings. The van der Waals surface area contributed by atoms with Gasteiger partial charge in [-0.05, 0) is 63.5 Å². The molecule has 3 heteroatoms. The van der Waals surface area contributed by atoms with Crippen molar-refractivity contribution in [3.8, 4) is 0 Å². The molecule has 1 fully saturated rings. The van der Waals surface area contributed by atoms with Crippen LogP contribution in [0, 0.1) is 25.2 Å². The summed E-state index contributed by atoms with van der Waals surface area (Å²) in [4.78, 5) is 0. The SMILES string of the molecule is Cc1cc(C)n(CCCNC2CCC(C)(C)CC2C)n1. The van der Waals surface area contributed by atoms with Crippen molar-refractivity contribution in [3.05, 3.63) is 17.5 Å². The maximum absolute atomic E-state index is 4.52. The molecular formula is C17H31N3. The van der Waals surface area contributed by atoms with Crippen LogP contribution < -0.4 is 5.32 Å². The van der Waals surface area contributed by atoms with Gasteiger partial charge in [-0.1, -0.05) is 20.8 Å². The van der Waals surface area contributed by atoms with Crippen molar-refractivity contribution < 1.29 is 0 Å². The van der Waals surface area contributed by atoms with Gasteiger partial charge in [0.15, 0.2) is 0 Å². The summed E-state index contributed by atoms with van der Waals surface area (Å²) >= 11 is 0. The normalized spacial score (nSPS) is 25.9. The van der Waals surface area contributed by atoms with Gasteiger partial charge < -0.3 is 5.32 Å². The second-order valence-electron chi connectivity index (χ2n) is 7.45. The molecule has 1 aliphatic carbocycles. The summed E-state index contributed by atoms with van der Waals surface area (Å²) < 4.78 is 2.13. The lowest BCUT2D eigenvalue weighted by Crippen LogP contribution is -2.42. The fourth-order valence-corrected chi connectivity index (χ4v) is 3.67. The van der Waals surface area contributed by atoms with E-state index < -0.39 is 0 Å². The lowest BCUT2D eigenvalue weighted by Gasteiger charge is -2.39. The Morgan fingerprint density at radius 3 is 2.75 bits per heavy atom. The first-order valence-electron chi connectivity index (χ1n) is 8.12. The molecule has 2 atom stereocenters. The second kappa shape index (κ2) is 6.30. The standard InChI is InChI=1S/C17H31N3/c1-13-12-17(4,5)8-7-16(13)18-9-6-10-20-15(3)11-14(2)19-20/h11,13,16,18H,6-10,12H2,1-5H3. The molecule has 0 saturated heterocycles. The summed E-state index contributed by atoms with van der Waals surface area (Å²) in [6.45, 7) is 13.5. The number of nitrogens with zero attached hydrogens (tertiary/aromatic N) is 2. The topological polar surface area (TPSA) is 29.9 Å². The molecule has 0 radical (unpaired) electrons. The maximum atomic E-state index is 4.52. The molecule has 0 spiro atoms. The molecule has 0 bridgehead atoms. The Kier molecular flexibility index (Phi) is 4.90. The molecule has 1 N–H and O–H groups in total. The summed E-state index contributed by atoms with van der Waals surface area (Å²) in [5.74, 6) is 0.799. The molecule has 2 unspecified atom stereocenters. The van der Waals surface area contributed by atoms with E-state index in [0.29, 0.717) is 11.5 Å². The molecule has 1 heterocycles. The van der Waals surface area contributed by atoms with Crippen molar-refractivity contribution in [3.63, 3.8) is 0 Å². The Balaban J connectivity index is 1.70. The molecule has 0 aromatic carbocycles. The highest BCUT2D eigenvalue weighted by atomic mass is 15.3. The highest BCUT2D eigenvalue weighted by Crippen LogP contribution is 2.38. The Labute approximate surface area is 124 Å². The number of aromatic nitrogens is 2. The van der Waals surface area contributed by atoms with Crippen LogP contribution in [0.15, 0.2) is 6.07 Å². The van der Waals surface area contributed by atoms with Crippen molar-refractivity contribution >= 4 is 0 Å². The highest BCUT2D eigenvalue weighted by molar-refractivity contribution is 5.06. The summed E-state index contributed by atoms with van der Waals surface area (Å²) in [6.07, 6.45) is 5.19. The van der Waals surface area contributed by atoms with Crippen LogP contribution in [0.3, 0.4) is 0 Å². The van der Waals surface area contributed by atoms with Crippen LogP contribution in [0.5, 0.6) is 0 Å². The minimum absolute atomic E-state index is 0.543. The molecule has 20 heavy (non-hydrogen) atoms. The van der Waals surface area contributed by atoms with Crippen LogP contribution in [-0.2, 0) is 6.54 Å². The molecule has 1 aromatic rings.